The summed E-state index contributed by atoms with van der Waals surface area (Å²) in [6, 6.07) is 5.70. The molecule has 0 aromatic heterocycles. The molecule has 1 aromatic rings. The van der Waals surface area contributed by atoms with Crippen LogP contribution in [-0.2, 0) is 15.5 Å². The Balaban J connectivity index is 1.97. The zero-order valence-corrected chi connectivity index (χ0v) is 11.0. The quantitative estimate of drug-likeness (QED) is 0.837. The van der Waals surface area contributed by atoms with Crippen molar-refractivity contribution in [3.63, 3.8) is 0 Å². The molecular formula is C13H19NO2S. The average molecular weight is 253 g/mol. The smallest absolute Gasteiger partial charge is 0.0620 e. The van der Waals surface area contributed by atoms with Gasteiger partial charge in [0.1, 0.15) is 0 Å². The number of rotatable bonds is 4. The zero-order valence-electron chi connectivity index (χ0n) is 10.1. The number of aryl methyl sites for hydroxylation is 1. The summed E-state index contributed by atoms with van der Waals surface area (Å²) in [5.74, 6) is 0.637. The van der Waals surface area contributed by atoms with Crippen molar-refractivity contribution >= 4 is 16.5 Å². The van der Waals surface area contributed by atoms with Crippen LogP contribution in [0.15, 0.2) is 23.1 Å². The predicted octanol–water partition coefficient (Wildman–Crippen LogP) is 2.25. The third kappa shape index (κ3) is 3.07. The second-order valence-electron chi connectivity index (χ2n) is 4.46. The topological polar surface area (TPSA) is 52.3 Å². The molecule has 2 rings (SSSR count). The Morgan fingerprint density at radius 2 is 2.35 bits per heavy atom. The molecule has 17 heavy (non-hydrogen) atoms. The molecule has 94 valence electrons. The molecule has 1 aromatic carbocycles. The van der Waals surface area contributed by atoms with E-state index in [4.69, 9.17) is 10.5 Å². The number of hydrogen-bond donors (Lipinski definition) is 1. The Morgan fingerprint density at radius 1 is 1.53 bits per heavy atom. The van der Waals surface area contributed by atoms with Crippen LogP contribution in [0, 0.1) is 6.92 Å². The van der Waals surface area contributed by atoms with Crippen molar-refractivity contribution < 1.29 is 8.95 Å². The van der Waals surface area contributed by atoms with Crippen LogP contribution in [0.3, 0.4) is 0 Å². The van der Waals surface area contributed by atoms with E-state index in [0.717, 1.165) is 36.3 Å². The highest BCUT2D eigenvalue weighted by atomic mass is 32.2. The van der Waals surface area contributed by atoms with E-state index in [1.54, 1.807) is 0 Å². The lowest BCUT2D eigenvalue weighted by Gasteiger charge is -2.11. The van der Waals surface area contributed by atoms with Crippen molar-refractivity contribution in [2.45, 2.75) is 37.2 Å². The monoisotopic (exact) mass is 253 g/mol. The Kier molecular flexibility index (Phi) is 4.18. The van der Waals surface area contributed by atoms with E-state index >= 15 is 0 Å². The van der Waals surface area contributed by atoms with Crippen molar-refractivity contribution in [1.82, 2.24) is 0 Å². The Hall–Kier alpha value is -0.870. The molecular weight excluding hydrogens is 234 g/mol. The first kappa shape index (κ1) is 12.6. The van der Waals surface area contributed by atoms with Crippen LogP contribution in [0.25, 0.3) is 0 Å². The van der Waals surface area contributed by atoms with E-state index < -0.39 is 10.8 Å². The highest BCUT2D eigenvalue weighted by Crippen LogP contribution is 2.22. The van der Waals surface area contributed by atoms with Crippen molar-refractivity contribution in [2.75, 3.05) is 18.1 Å². The van der Waals surface area contributed by atoms with Crippen molar-refractivity contribution in [3.8, 4) is 0 Å². The molecule has 1 saturated heterocycles. The molecule has 0 radical (unpaired) electrons. The highest BCUT2D eigenvalue weighted by Gasteiger charge is 2.17. The van der Waals surface area contributed by atoms with Gasteiger partial charge in [0.25, 0.3) is 0 Å². The minimum Gasteiger partial charge on any atom is -0.398 e. The fourth-order valence-electron chi connectivity index (χ4n) is 2.07. The molecule has 1 aliphatic heterocycles. The van der Waals surface area contributed by atoms with Crippen LogP contribution in [0.2, 0.25) is 0 Å². The first-order valence-corrected chi connectivity index (χ1v) is 7.35. The van der Waals surface area contributed by atoms with Crippen LogP contribution in [-0.4, -0.2) is 22.7 Å². The summed E-state index contributed by atoms with van der Waals surface area (Å²) in [4.78, 5) is 0.767. The van der Waals surface area contributed by atoms with E-state index in [2.05, 4.69) is 0 Å². The van der Waals surface area contributed by atoms with Gasteiger partial charge >= 0.3 is 0 Å². The highest BCUT2D eigenvalue weighted by molar-refractivity contribution is 7.85. The molecule has 0 bridgehead atoms. The number of para-hydroxylation sites is 1. The maximum atomic E-state index is 12.1. The molecule has 2 unspecified atom stereocenters. The van der Waals surface area contributed by atoms with Gasteiger partial charge in [-0.15, -0.1) is 0 Å². The molecule has 0 aliphatic carbocycles. The van der Waals surface area contributed by atoms with Gasteiger partial charge < -0.3 is 10.5 Å². The maximum absolute atomic E-state index is 12.1. The predicted molar refractivity (Wildman–Crippen MR) is 70.5 cm³/mol. The summed E-state index contributed by atoms with van der Waals surface area (Å²) in [5.41, 5.74) is 7.60. The summed E-state index contributed by atoms with van der Waals surface area (Å²) in [6.07, 6.45) is 3.38. The number of anilines is 1. The SMILES string of the molecule is Cc1cccc(S(=O)CCC2CCCO2)c1N. The van der Waals surface area contributed by atoms with E-state index in [9.17, 15) is 4.21 Å². The molecule has 2 atom stereocenters. The first-order valence-electron chi connectivity index (χ1n) is 6.03. The molecule has 4 heteroatoms. The van der Waals surface area contributed by atoms with Crippen molar-refractivity contribution in [2.24, 2.45) is 0 Å². The number of benzene rings is 1. The number of ether oxygens (including phenoxy) is 1. The molecule has 1 heterocycles. The summed E-state index contributed by atoms with van der Waals surface area (Å²) in [7, 11) is -1.01. The van der Waals surface area contributed by atoms with Crippen molar-refractivity contribution in [1.29, 1.82) is 0 Å². The molecule has 1 fully saturated rings. The van der Waals surface area contributed by atoms with Gasteiger partial charge in [-0.05, 0) is 37.8 Å². The van der Waals surface area contributed by atoms with Gasteiger partial charge in [0.05, 0.1) is 27.5 Å². The van der Waals surface area contributed by atoms with Gasteiger partial charge in [0.2, 0.25) is 0 Å². The largest absolute Gasteiger partial charge is 0.398 e. The van der Waals surface area contributed by atoms with Gasteiger partial charge in [-0.2, -0.15) is 0 Å². The van der Waals surface area contributed by atoms with Crippen LogP contribution in [0.4, 0.5) is 5.69 Å². The molecule has 2 N–H and O–H groups in total. The number of hydrogen-bond acceptors (Lipinski definition) is 3. The van der Waals surface area contributed by atoms with Gasteiger partial charge in [-0.1, -0.05) is 12.1 Å². The van der Waals surface area contributed by atoms with Gasteiger partial charge in [-0.25, -0.2) is 0 Å². The first-order chi connectivity index (χ1) is 8.18. The summed E-state index contributed by atoms with van der Waals surface area (Å²) >= 11 is 0. The summed E-state index contributed by atoms with van der Waals surface area (Å²) in [5, 5.41) is 0. The second-order valence-corrected chi connectivity index (χ2v) is 6.00. The minimum atomic E-state index is -1.01. The third-order valence-electron chi connectivity index (χ3n) is 3.18. The average Bonchev–Trinajstić information content (AvgIpc) is 2.82. The molecule has 0 amide bonds. The Bertz CT molecular complexity index is 414. The Morgan fingerprint density at radius 3 is 3.06 bits per heavy atom. The molecule has 1 aliphatic rings. The zero-order chi connectivity index (χ0) is 12.3. The van der Waals surface area contributed by atoms with Crippen LogP contribution in [0.5, 0.6) is 0 Å². The van der Waals surface area contributed by atoms with Crippen LogP contribution in [0.1, 0.15) is 24.8 Å². The Labute approximate surface area is 105 Å². The van der Waals surface area contributed by atoms with Crippen molar-refractivity contribution in [3.05, 3.63) is 23.8 Å². The summed E-state index contributed by atoms with van der Waals surface area (Å²) < 4.78 is 17.7. The fourth-order valence-corrected chi connectivity index (χ4v) is 3.41. The summed E-state index contributed by atoms with van der Waals surface area (Å²) in [6.45, 7) is 2.79. The maximum Gasteiger partial charge on any atom is 0.0620 e. The lowest BCUT2D eigenvalue weighted by molar-refractivity contribution is 0.109. The standard InChI is InChI=1S/C13H19NO2S/c1-10-4-2-6-12(13(10)14)17(15)9-7-11-5-3-8-16-11/h2,4,6,11H,3,5,7-9,14H2,1H3. The molecule has 0 saturated carbocycles. The van der Waals surface area contributed by atoms with Gasteiger partial charge in [-0.3, -0.25) is 4.21 Å². The molecule has 0 spiro atoms. The van der Waals surface area contributed by atoms with E-state index in [1.807, 2.05) is 25.1 Å². The van der Waals surface area contributed by atoms with E-state index in [0.29, 0.717) is 17.5 Å². The number of nitrogens with two attached hydrogens (primary N) is 1. The second kappa shape index (κ2) is 5.65. The normalized spacial score (nSPS) is 21.6. The lowest BCUT2D eigenvalue weighted by atomic mass is 10.2. The van der Waals surface area contributed by atoms with Gasteiger partial charge in [0, 0.05) is 12.4 Å². The van der Waals surface area contributed by atoms with Crippen LogP contribution >= 0.6 is 0 Å². The van der Waals surface area contributed by atoms with E-state index in [1.165, 1.54) is 0 Å². The third-order valence-corrected chi connectivity index (χ3v) is 4.63. The number of nitrogen functional groups attached to an aromatic ring is 1. The molecule has 3 nitrogen and oxygen atoms in total. The van der Waals surface area contributed by atoms with E-state index in [-0.39, 0.29) is 0 Å². The minimum absolute atomic E-state index is 0.296. The fraction of sp³-hybridized carbons (Fsp3) is 0.538. The van der Waals surface area contributed by atoms with Crippen LogP contribution < -0.4 is 5.73 Å². The van der Waals surface area contributed by atoms with Gasteiger partial charge in [0.15, 0.2) is 0 Å². The lowest BCUT2D eigenvalue weighted by Crippen LogP contribution is -2.11.